The lowest BCUT2D eigenvalue weighted by Gasteiger charge is -2.07. The molecule has 0 amide bonds. The standard InChI is InChI=1S/C27H22N6O3S/c1-16-7-10-19(11-8-16)37(35,36)32-15-22(20-5-3-4-6-25(20)32)26(34)21-14-29-33(27(21)28)18-9-12-23-24(13-18)31-17(2)30-23/h3-15H,28H2,1-2H3,(H,30,31). The minimum Gasteiger partial charge on any atom is -0.383 e. The number of ketones is 1. The van der Waals surface area contributed by atoms with Gasteiger partial charge in [0.15, 0.2) is 0 Å². The number of nitrogen functional groups attached to an aromatic ring is 1. The van der Waals surface area contributed by atoms with E-state index in [0.717, 1.165) is 26.4 Å². The van der Waals surface area contributed by atoms with Gasteiger partial charge in [-0.05, 0) is 50.2 Å². The zero-order valence-electron chi connectivity index (χ0n) is 20.0. The number of hydrogen-bond acceptors (Lipinski definition) is 6. The SMILES string of the molecule is Cc1ccc(S(=O)(=O)n2cc(C(=O)c3cnn(-c4ccc5[nH]c(C)nc5c4)c3N)c3ccccc32)cc1. The first-order valence-electron chi connectivity index (χ1n) is 11.5. The number of carbonyl (C=O) groups is 1. The average Bonchev–Trinajstić information content (AvgIpc) is 3.57. The van der Waals surface area contributed by atoms with Crippen molar-refractivity contribution in [2.75, 3.05) is 5.73 Å². The molecule has 184 valence electrons. The quantitative estimate of drug-likeness (QED) is 0.331. The molecular formula is C27H22N6O3S. The predicted molar refractivity (Wildman–Crippen MR) is 141 cm³/mol. The van der Waals surface area contributed by atoms with E-state index in [4.69, 9.17) is 5.73 Å². The predicted octanol–water partition coefficient (Wildman–Crippen LogP) is 4.37. The number of para-hydroxylation sites is 1. The van der Waals surface area contributed by atoms with Crippen LogP contribution in [0.3, 0.4) is 0 Å². The van der Waals surface area contributed by atoms with Gasteiger partial charge in [-0.15, -0.1) is 0 Å². The third-order valence-corrected chi connectivity index (χ3v) is 8.07. The van der Waals surface area contributed by atoms with Crippen LogP contribution in [0.15, 0.2) is 84.0 Å². The number of hydrogen-bond donors (Lipinski definition) is 2. The number of H-pyrrole nitrogens is 1. The van der Waals surface area contributed by atoms with E-state index in [1.807, 2.05) is 32.0 Å². The van der Waals surface area contributed by atoms with Crippen LogP contribution in [0.1, 0.15) is 27.3 Å². The van der Waals surface area contributed by atoms with Crippen LogP contribution in [0.2, 0.25) is 0 Å². The molecule has 0 fully saturated rings. The molecule has 3 heterocycles. The highest BCUT2D eigenvalue weighted by Crippen LogP contribution is 2.30. The minimum atomic E-state index is -3.94. The third kappa shape index (κ3) is 3.61. The van der Waals surface area contributed by atoms with E-state index in [0.29, 0.717) is 16.6 Å². The van der Waals surface area contributed by atoms with Gasteiger partial charge in [-0.25, -0.2) is 22.1 Å². The van der Waals surface area contributed by atoms with Gasteiger partial charge in [0.2, 0.25) is 5.78 Å². The molecule has 0 saturated heterocycles. The van der Waals surface area contributed by atoms with Crippen LogP contribution in [-0.4, -0.2) is 37.9 Å². The average molecular weight is 511 g/mol. The normalized spacial score (nSPS) is 11.9. The van der Waals surface area contributed by atoms with Crippen molar-refractivity contribution in [3.63, 3.8) is 0 Å². The number of nitrogens with two attached hydrogens (primary N) is 1. The summed E-state index contributed by atoms with van der Waals surface area (Å²) in [5.74, 6) is 0.512. The molecule has 0 bridgehead atoms. The van der Waals surface area contributed by atoms with Gasteiger partial charge >= 0.3 is 0 Å². The number of benzene rings is 3. The van der Waals surface area contributed by atoms with Crippen LogP contribution < -0.4 is 5.73 Å². The fourth-order valence-electron chi connectivity index (χ4n) is 4.49. The van der Waals surface area contributed by atoms with E-state index in [-0.39, 0.29) is 21.8 Å². The fraction of sp³-hybridized carbons (Fsp3) is 0.0741. The summed E-state index contributed by atoms with van der Waals surface area (Å²) in [6.45, 7) is 3.75. The van der Waals surface area contributed by atoms with E-state index < -0.39 is 15.8 Å². The second kappa shape index (κ2) is 8.17. The molecule has 0 aliphatic carbocycles. The van der Waals surface area contributed by atoms with E-state index in [1.54, 1.807) is 48.5 Å². The van der Waals surface area contributed by atoms with Gasteiger partial charge in [0, 0.05) is 17.1 Å². The Morgan fingerprint density at radius 1 is 0.973 bits per heavy atom. The first kappa shape index (κ1) is 22.7. The molecule has 3 aromatic carbocycles. The van der Waals surface area contributed by atoms with Crippen molar-refractivity contribution in [3.8, 4) is 5.69 Å². The second-order valence-corrected chi connectivity index (χ2v) is 10.7. The largest absolute Gasteiger partial charge is 0.383 e. The molecule has 6 rings (SSSR count). The van der Waals surface area contributed by atoms with Gasteiger partial charge in [0.1, 0.15) is 11.6 Å². The Bertz CT molecular complexity index is 1950. The summed E-state index contributed by atoms with van der Waals surface area (Å²) in [6, 6.07) is 19.0. The maximum Gasteiger partial charge on any atom is 0.268 e. The number of nitrogens with zero attached hydrogens (tertiary/aromatic N) is 4. The molecule has 0 spiro atoms. The van der Waals surface area contributed by atoms with Crippen molar-refractivity contribution in [3.05, 3.63) is 102 Å². The molecule has 37 heavy (non-hydrogen) atoms. The maximum absolute atomic E-state index is 13.7. The number of rotatable bonds is 5. The van der Waals surface area contributed by atoms with E-state index >= 15 is 0 Å². The van der Waals surface area contributed by atoms with Crippen LogP contribution in [0.5, 0.6) is 0 Å². The molecule has 0 atom stereocenters. The van der Waals surface area contributed by atoms with Gasteiger partial charge in [-0.1, -0.05) is 35.9 Å². The molecule has 6 aromatic rings. The molecule has 10 heteroatoms. The Balaban J connectivity index is 1.45. The van der Waals surface area contributed by atoms with Crippen LogP contribution in [0.4, 0.5) is 5.82 Å². The molecule has 3 aromatic heterocycles. The lowest BCUT2D eigenvalue weighted by Crippen LogP contribution is -2.12. The van der Waals surface area contributed by atoms with Gasteiger partial charge < -0.3 is 10.7 Å². The topological polar surface area (TPSA) is 129 Å². The number of nitrogens with one attached hydrogen (secondary N) is 1. The third-order valence-electron chi connectivity index (χ3n) is 6.38. The smallest absolute Gasteiger partial charge is 0.268 e. The summed E-state index contributed by atoms with van der Waals surface area (Å²) in [5.41, 5.74) is 10.4. The molecule has 9 nitrogen and oxygen atoms in total. The summed E-state index contributed by atoms with van der Waals surface area (Å²) >= 11 is 0. The van der Waals surface area contributed by atoms with Gasteiger partial charge in [-0.3, -0.25) is 4.79 Å². The Morgan fingerprint density at radius 3 is 2.51 bits per heavy atom. The highest BCUT2D eigenvalue weighted by molar-refractivity contribution is 7.90. The van der Waals surface area contributed by atoms with E-state index in [2.05, 4.69) is 15.1 Å². The summed E-state index contributed by atoms with van der Waals surface area (Å²) in [6.07, 6.45) is 2.76. The van der Waals surface area contributed by atoms with Crippen molar-refractivity contribution < 1.29 is 13.2 Å². The van der Waals surface area contributed by atoms with Gasteiger partial charge in [0.25, 0.3) is 10.0 Å². The zero-order chi connectivity index (χ0) is 25.9. The van der Waals surface area contributed by atoms with Crippen LogP contribution in [0.25, 0.3) is 27.6 Å². The molecule has 0 aliphatic heterocycles. The van der Waals surface area contributed by atoms with Crippen LogP contribution in [0, 0.1) is 13.8 Å². The number of fused-ring (bicyclic) bond motifs is 2. The molecule has 0 aliphatic rings. The van der Waals surface area contributed by atoms with Gasteiger partial charge in [-0.2, -0.15) is 5.10 Å². The Kier molecular flexibility index (Phi) is 5.02. The molecular weight excluding hydrogens is 488 g/mol. The number of anilines is 1. The van der Waals surface area contributed by atoms with E-state index in [9.17, 15) is 13.2 Å². The van der Waals surface area contributed by atoms with Crippen molar-refractivity contribution in [1.82, 2.24) is 23.7 Å². The molecule has 0 radical (unpaired) electrons. The summed E-state index contributed by atoms with van der Waals surface area (Å²) in [4.78, 5) is 21.4. The number of aromatic amines is 1. The molecule has 3 N–H and O–H groups in total. The van der Waals surface area contributed by atoms with Crippen molar-refractivity contribution in [2.24, 2.45) is 0 Å². The van der Waals surface area contributed by atoms with Crippen molar-refractivity contribution >= 4 is 43.6 Å². The van der Waals surface area contributed by atoms with Crippen LogP contribution in [-0.2, 0) is 10.0 Å². The Morgan fingerprint density at radius 2 is 1.73 bits per heavy atom. The Hall–Kier alpha value is -4.70. The van der Waals surface area contributed by atoms with Crippen molar-refractivity contribution in [1.29, 1.82) is 0 Å². The molecule has 0 unspecified atom stereocenters. The second-order valence-electron chi connectivity index (χ2n) is 8.88. The minimum absolute atomic E-state index is 0.134. The lowest BCUT2D eigenvalue weighted by molar-refractivity contribution is 0.104. The molecule has 0 saturated carbocycles. The first-order chi connectivity index (χ1) is 17.7. The lowest BCUT2D eigenvalue weighted by atomic mass is 10.0. The van der Waals surface area contributed by atoms with E-state index in [1.165, 1.54) is 17.1 Å². The highest BCUT2D eigenvalue weighted by Gasteiger charge is 2.26. The summed E-state index contributed by atoms with van der Waals surface area (Å²) in [5, 5.41) is 4.85. The number of imidazole rings is 1. The summed E-state index contributed by atoms with van der Waals surface area (Å²) < 4.78 is 29.6. The maximum atomic E-state index is 13.7. The highest BCUT2D eigenvalue weighted by atomic mass is 32.2. The van der Waals surface area contributed by atoms with Crippen LogP contribution >= 0.6 is 0 Å². The fourth-order valence-corrected chi connectivity index (χ4v) is 5.86. The number of aryl methyl sites for hydroxylation is 2. The summed E-state index contributed by atoms with van der Waals surface area (Å²) in [7, 11) is -3.94. The number of carbonyl (C=O) groups excluding carboxylic acids is 1. The zero-order valence-corrected chi connectivity index (χ0v) is 20.8. The Labute approximate surface area is 212 Å². The monoisotopic (exact) mass is 510 g/mol. The number of aromatic nitrogens is 5. The van der Waals surface area contributed by atoms with Crippen molar-refractivity contribution in [2.45, 2.75) is 18.7 Å². The van der Waals surface area contributed by atoms with Gasteiger partial charge in [0.05, 0.1) is 38.9 Å². The first-order valence-corrected chi connectivity index (χ1v) is 13.0.